The Morgan fingerprint density at radius 2 is 0.850 bits per heavy atom. The van der Waals surface area contributed by atoms with Crippen molar-refractivity contribution < 1.29 is 57.2 Å². The minimum absolute atomic E-state index is 0.0407. The van der Waals surface area contributed by atoms with Crippen molar-refractivity contribution in [3.63, 3.8) is 0 Å². The fourth-order valence-corrected chi connectivity index (χ4v) is 21.2. The van der Waals surface area contributed by atoms with Gasteiger partial charge in [-0.05, 0) is 264 Å². The molecule has 29 nitrogen and oxygen atoms in total. The molecule has 34 heteroatoms. The summed E-state index contributed by atoms with van der Waals surface area (Å²) in [5.74, 6) is 2.05. The zero-order valence-corrected chi connectivity index (χ0v) is 83.0. The van der Waals surface area contributed by atoms with Crippen LogP contribution in [0.3, 0.4) is 0 Å². The number of halogens is 5. The average molecular weight is 2030 g/mol. The standard InChI is InChI=1S/C23H20ClN5O3.C23H25ClN2O2.C21H20BrN3O3.C20H23ClN2O2.C19H20ClN5O2/c1-31-15-3-5-16(6-4-15)32-23(30)29-9-8-17-18-10-14(24)2-7-19(18)28-20(17)21(29)13-11-26-22(25)27-12-13;1-3-28-23(27)26-12-11-18-19-14-17(24)9-10-20(19)25-22(18)21(26)13-15(2)16-7-5-4-6-8-16;1-2-28-21(27)25-10-9-15-16-11-14(22)7-8-17(16)24-18(15)19(25)12-3-5-13(6-4-12)20(23)26;1-2-25-20(24)23-11-10-15-16-12-14(21)8-9-17(16)22-18(15)19(23)13-6-4-3-5-7-13;1-3-27-19(26)25-7-6-13-14-8-12(20)4-5-15(14)24-16(13)17(25)11-9-22-18(21-2)23-10-11/h2-7,10-12,21,28H,8-9H2,1H3,(H2,25,26,27);4-10,14-15,21,25H,3,11-13H2,1-2H3;3-8,11,19,24H,2,9-10H2,1H3,(H2,23,26);3-4,8-9,12-13,19,22H,2,5-7,10-11H2,1H3;4-5,8-10,17,24H,3,6-7H2,1-2H3,(H,21,22,23). The molecule has 724 valence electrons. The smallest absolute Gasteiger partial charge is 0.416 e. The number of nitrogens with two attached hydrogens (primary N) is 2. The predicted molar refractivity (Wildman–Crippen MR) is 548 cm³/mol. The Labute approximate surface area is 837 Å². The second-order valence-electron chi connectivity index (χ2n) is 34.8. The van der Waals surface area contributed by atoms with E-state index in [1.807, 2.05) is 127 Å². The van der Waals surface area contributed by atoms with E-state index in [0.717, 1.165) is 171 Å². The molecule has 7 unspecified atom stereocenters. The second kappa shape index (κ2) is 43.7. The molecule has 6 aliphatic rings. The maximum atomic E-state index is 13.2. The molecule has 7 aromatic heterocycles. The average Bonchev–Trinajstić information content (AvgIpc) is 1.60. The van der Waals surface area contributed by atoms with Crippen molar-refractivity contribution in [3.05, 3.63) is 315 Å². The lowest BCUT2D eigenvalue weighted by atomic mass is 9.82. The molecule has 0 saturated heterocycles. The molecule has 0 spiro atoms. The molecule has 7 atom stereocenters. The number of hydrogen-bond donors (Lipinski definition) is 8. The lowest BCUT2D eigenvalue weighted by Crippen LogP contribution is -2.43. The maximum absolute atomic E-state index is 13.2. The van der Waals surface area contributed by atoms with Crippen LogP contribution < -0.4 is 26.3 Å². The zero-order valence-electron chi connectivity index (χ0n) is 78.4. The number of carbonyl (C=O) groups is 6. The van der Waals surface area contributed by atoms with Crippen LogP contribution in [0.4, 0.5) is 35.9 Å². The van der Waals surface area contributed by atoms with Crippen LogP contribution in [0.5, 0.6) is 11.5 Å². The quantitative estimate of drug-likeness (QED) is 0.0349. The van der Waals surface area contributed by atoms with Crippen molar-refractivity contribution >= 4 is 165 Å². The molecular formula is C106H108BrCl4N17O12. The van der Waals surface area contributed by atoms with Crippen LogP contribution in [0.15, 0.2) is 211 Å². The summed E-state index contributed by atoms with van der Waals surface area (Å²) in [6, 6.07) is 52.7. The van der Waals surface area contributed by atoms with E-state index in [-0.39, 0.29) is 54.5 Å². The number of fused-ring (bicyclic) bond motifs is 15. The highest BCUT2D eigenvalue weighted by molar-refractivity contribution is 9.10. The van der Waals surface area contributed by atoms with E-state index in [1.165, 1.54) is 27.6 Å². The van der Waals surface area contributed by atoms with Crippen molar-refractivity contribution in [1.29, 1.82) is 0 Å². The van der Waals surface area contributed by atoms with Crippen molar-refractivity contribution in [3.8, 4) is 11.5 Å². The third-order valence-corrected chi connectivity index (χ3v) is 28.0. The van der Waals surface area contributed by atoms with E-state index in [1.54, 1.807) is 104 Å². The first-order chi connectivity index (χ1) is 67.9. The predicted octanol–water partition coefficient (Wildman–Crippen LogP) is 23.5. The first kappa shape index (κ1) is 97.8. The highest BCUT2D eigenvalue weighted by Crippen LogP contribution is 2.48. The number of ether oxygens (including phenoxy) is 6. The minimum atomic E-state index is -0.478. The van der Waals surface area contributed by atoms with E-state index < -0.39 is 18.0 Å². The van der Waals surface area contributed by atoms with E-state index in [2.05, 4.69) is 116 Å². The van der Waals surface area contributed by atoms with Gasteiger partial charge >= 0.3 is 30.5 Å². The molecule has 0 saturated carbocycles. The number of nitrogen functional groups attached to an aromatic ring is 1. The van der Waals surface area contributed by atoms with Gasteiger partial charge in [0.1, 0.15) is 29.6 Å². The minimum Gasteiger partial charge on any atom is -0.497 e. The van der Waals surface area contributed by atoms with Crippen LogP contribution in [0.25, 0.3) is 54.5 Å². The van der Waals surface area contributed by atoms with Gasteiger partial charge in [-0.2, -0.15) is 0 Å². The summed E-state index contributed by atoms with van der Waals surface area (Å²) in [4.78, 5) is 119. The number of H-pyrrole nitrogens is 5. The molecule has 0 radical (unpaired) electrons. The van der Waals surface area contributed by atoms with Gasteiger partial charge in [-0.25, -0.2) is 43.9 Å². The van der Waals surface area contributed by atoms with Gasteiger partial charge in [0.2, 0.25) is 17.8 Å². The normalized spacial score (nSPS) is 17.4. The lowest BCUT2D eigenvalue weighted by molar-refractivity contribution is 0.0674. The summed E-state index contributed by atoms with van der Waals surface area (Å²) >= 11 is 28.4. The van der Waals surface area contributed by atoms with Crippen LogP contribution in [-0.2, 0) is 51.1 Å². The van der Waals surface area contributed by atoms with Gasteiger partial charge in [-0.1, -0.05) is 124 Å². The molecule has 8 aromatic carbocycles. The number of benzene rings is 8. The Morgan fingerprint density at radius 1 is 0.457 bits per heavy atom. The molecule has 0 bridgehead atoms. The number of hydrogen-bond acceptors (Lipinski definition) is 18. The first-order valence-corrected chi connectivity index (χ1v) is 49.2. The third kappa shape index (κ3) is 20.9. The van der Waals surface area contributed by atoms with Crippen LogP contribution in [0.2, 0.25) is 20.1 Å². The molecular weight excluding hydrogens is 1920 g/mol. The molecule has 12 heterocycles. The van der Waals surface area contributed by atoms with Crippen molar-refractivity contribution in [1.82, 2.24) is 69.4 Å². The third-order valence-electron chi connectivity index (χ3n) is 26.6. The number of carbonyl (C=O) groups excluding carboxylic acids is 6. The number of amides is 6. The highest BCUT2D eigenvalue weighted by Gasteiger charge is 2.43. The summed E-state index contributed by atoms with van der Waals surface area (Å²) in [7, 11) is 3.35. The van der Waals surface area contributed by atoms with Crippen LogP contribution >= 0.6 is 62.3 Å². The topological polar surface area (TPSA) is 369 Å². The van der Waals surface area contributed by atoms with E-state index >= 15 is 0 Å². The number of allylic oxidation sites excluding steroid dienone is 2. The molecule has 21 rings (SSSR count). The van der Waals surface area contributed by atoms with Gasteiger partial charge in [0.05, 0.1) is 45.6 Å². The lowest BCUT2D eigenvalue weighted by Gasteiger charge is -2.40. The van der Waals surface area contributed by atoms with Gasteiger partial charge in [-0.3, -0.25) is 29.3 Å². The number of rotatable bonds is 15. The van der Waals surface area contributed by atoms with E-state index in [4.69, 9.17) is 86.3 Å². The Morgan fingerprint density at radius 3 is 1.30 bits per heavy atom. The summed E-state index contributed by atoms with van der Waals surface area (Å²) in [6.07, 6.45) is 17.3. The van der Waals surface area contributed by atoms with Gasteiger partial charge < -0.3 is 70.1 Å². The summed E-state index contributed by atoms with van der Waals surface area (Å²) < 4.78 is 33.1. The molecule has 10 N–H and O–H groups in total. The number of anilines is 2. The first-order valence-electron chi connectivity index (χ1n) is 46.9. The monoisotopic (exact) mass is 2030 g/mol. The molecule has 1 aliphatic carbocycles. The maximum Gasteiger partial charge on any atom is 0.416 e. The zero-order chi connectivity index (χ0) is 98.1. The Balaban J connectivity index is 0.000000121. The second-order valence-corrected chi connectivity index (χ2v) is 37.5. The molecule has 15 aromatic rings. The number of methoxy groups -OCH3 is 1. The van der Waals surface area contributed by atoms with Crippen molar-refractivity contribution in [2.45, 2.75) is 129 Å². The SMILES string of the molecule is CCOC(=O)N1CCc2c([nH]c3ccc(Br)cc23)C1c1ccc(C(N)=O)cc1.CCOC(=O)N1CCc2c([nH]c3ccc(Cl)cc23)C1C1CC=CCC1.CCOC(=O)N1CCc2c([nH]c3ccc(Cl)cc23)C1CC(C)c1ccccc1.CCOC(=O)N1CCc2c([nH]c3ccc(Cl)cc23)C1c1cnc(NC)nc1.COc1ccc(OC(=O)N2CCc3c([nH]c4ccc(Cl)cc34)C2c2cnc(N)nc2)cc1. The fourth-order valence-electron chi connectivity index (χ4n) is 20.1. The molecule has 6 amide bonds. The van der Waals surface area contributed by atoms with Gasteiger partial charge in [0, 0.05) is 189 Å². The summed E-state index contributed by atoms with van der Waals surface area (Å²) in [5, 5.41) is 11.3. The molecule has 140 heavy (non-hydrogen) atoms. The van der Waals surface area contributed by atoms with Crippen molar-refractivity contribution in [2.24, 2.45) is 11.7 Å². The number of nitrogens with one attached hydrogen (secondary N) is 6. The van der Waals surface area contributed by atoms with Crippen LogP contribution in [0.1, 0.15) is 185 Å². The number of nitrogens with zero attached hydrogens (tertiary/aromatic N) is 9. The number of primary amides is 1. The van der Waals surface area contributed by atoms with Gasteiger partial charge in [-0.15, -0.1) is 0 Å². The Hall–Kier alpha value is -13.8. The van der Waals surface area contributed by atoms with Crippen LogP contribution in [-0.4, -0.2) is 179 Å². The fraction of sp³-hybridized carbons (Fsp3) is 0.302. The van der Waals surface area contributed by atoms with Gasteiger partial charge in [0.15, 0.2) is 0 Å². The Bertz CT molecular complexity index is 7080. The largest absolute Gasteiger partial charge is 0.497 e. The van der Waals surface area contributed by atoms with E-state index in [0.29, 0.717) is 110 Å². The van der Waals surface area contributed by atoms with E-state index in [9.17, 15) is 28.8 Å². The molecule has 0 fully saturated rings. The summed E-state index contributed by atoms with van der Waals surface area (Å²) in [6.45, 7) is 13.8. The van der Waals surface area contributed by atoms with Gasteiger partial charge in [0.25, 0.3) is 0 Å². The number of aromatic amines is 5. The van der Waals surface area contributed by atoms with Crippen molar-refractivity contribution in [2.75, 3.05) is 84.4 Å². The molecule has 5 aliphatic heterocycles. The highest BCUT2D eigenvalue weighted by atomic mass is 79.9. The van der Waals surface area contributed by atoms with Crippen LogP contribution in [0, 0.1) is 5.92 Å². The summed E-state index contributed by atoms with van der Waals surface area (Å²) in [5.41, 5.74) is 31.4. The Kier molecular flexibility index (Phi) is 30.6. The number of aromatic nitrogens is 9.